The zero-order valence-corrected chi connectivity index (χ0v) is 10.2. The summed E-state index contributed by atoms with van der Waals surface area (Å²) in [5.74, 6) is 2.67. The molecule has 1 aromatic heterocycles. The Bertz CT molecular complexity index is 617. The second-order valence-corrected chi connectivity index (χ2v) is 3.76. The molecule has 0 unspecified atom stereocenters. The summed E-state index contributed by atoms with van der Waals surface area (Å²) in [4.78, 5) is 11.1. The topological polar surface area (TPSA) is 95.1 Å². The fourth-order valence-corrected chi connectivity index (χ4v) is 1.41. The van der Waals surface area contributed by atoms with Gasteiger partial charge in [0, 0.05) is 6.07 Å². The molecular weight excluding hydrogens is 272 g/mol. The number of hydrogen-bond donors (Lipinski definition) is 2. The van der Waals surface area contributed by atoms with Gasteiger partial charge in [-0.1, -0.05) is 5.21 Å². The molecule has 0 spiro atoms. The van der Waals surface area contributed by atoms with Crippen LogP contribution in [0.4, 0.5) is 8.78 Å². The molecule has 1 amide bonds. The van der Waals surface area contributed by atoms with Crippen LogP contribution in [0.15, 0.2) is 24.4 Å². The van der Waals surface area contributed by atoms with Crippen LogP contribution in [0.5, 0.6) is 5.75 Å². The maximum atomic E-state index is 12.9. The smallest absolute Gasteiger partial charge is 0.287 e. The molecule has 0 radical (unpaired) electrons. The molecule has 2 rings (SSSR count). The van der Waals surface area contributed by atoms with Gasteiger partial charge in [-0.05, 0) is 12.1 Å². The highest BCUT2D eigenvalue weighted by Crippen LogP contribution is 2.15. The molecule has 0 aliphatic rings. The first-order valence-electron chi connectivity index (χ1n) is 5.59. The number of nitrogens with zero attached hydrogens (tertiary/aromatic N) is 3. The van der Waals surface area contributed by atoms with Crippen molar-refractivity contribution >= 4 is 5.91 Å². The molecule has 0 aliphatic carbocycles. The Balaban J connectivity index is 1.88. The molecule has 1 aromatic carbocycles. The van der Waals surface area contributed by atoms with Crippen LogP contribution in [0.25, 0.3) is 0 Å². The number of amides is 1. The first kappa shape index (κ1) is 13.9. The minimum absolute atomic E-state index is 0.0697. The molecule has 0 fully saturated rings. The Morgan fingerprint density at radius 1 is 1.40 bits per heavy atom. The van der Waals surface area contributed by atoms with Crippen molar-refractivity contribution in [1.29, 1.82) is 0 Å². The Kier molecular flexibility index (Phi) is 4.20. The average molecular weight is 283 g/mol. The van der Waals surface area contributed by atoms with Crippen molar-refractivity contribution < 1.29 is 18.3 Å². The van der Waals surface area contributed by atoms with Crippen LogP contribution in [0, 0.1) is 11.6 Å². The predicted molar refractivity (Wildman–Crippen MR) is 63.5 cm³/mol. The van der Waals surface area contributed by atoms with E-state index < -0.39 is 17.5 Å². The number of nitrogen functional groups attached to an aromatic ring is 1. The maximum absolute atomic E-state index is 12.9. The number of carbonyl (C=O) groups is 1. The van der Waals surface area contributed by atoms with Crippen molar-refractivity contribution in [3.63, 3.8) is 0 Å². The fourth-order valence-electron chi connectivity index (χ4n) is 1.41. The van der Waals surface area contributed by atoms with Crippen LogP contribution in [0.2, 0.25) is 0 Å². The Labute approximate surface area is 112 Å². The summed E-state index contributed by atoms with van der Waals surface area (Å²) in [7, 11) is 0. The average Bonchev–Trinajstić information content (AvgIpc) is 2.91. The molecule has 0 bridgehead atoms. The molecule has 106 valence electrons. The SMILES string of the molecule is NNC(=O)c1cn(CCOc2ccc(F)c(F)c2)nn1. The molecule has 0 atom stereocenters. The van der Waals surface area contributed by atoms with E-state index in [0.29, 0.717) is 0 Å². The summed E-state index contributed by atoms with van der Waals surface area (Å²) < 4.78 is 32.2. The van der Waals surface area contributed by atoms with Gasteiger partial charge in [-0.3, -0.25) is 10.2 Å². The van der Waals surface area contributed by atoms with E-state index in [-0.39, 0.29) is 24.6 Å². The molecule has 3 N–H and O–H groups in total. The molecule has 0 saturated carbocycles. The van der Waals surface area contributed by atoms with E-state index in [1.165, 1.54) is 16.9 Å². The van der Waals surface area contributed by atoms with Crippen LogP contribution in [-0.4, -0.2) is 27.5 Å². The third-order valence-electron chi connectivity index (χ3n) is 2.38. The summed E-state index contributed by atoms with van der Waals surface area (Å²) in [5.41, 5.74) is 1.99. The van der Waals surface area contributed by atoms with Crippen molar-refractivity contribution in [3.05, 3.63) is 41.7 Å². The first-order chi connectivity index (χ1) is 9.60. The fraction of sp³-hybridized carbons (Fsp3) is 0.182. The molecule has 0 aliphatic heterocycles. The first-order valence-corrected chi connectivity index (χ1v) is 5.59. The number of rotatable bonds is 5. The van der Waals surface area contributed by atoms with Gasteiger partial charge in [0.05, 0.1) is 12.7 Å². The predicted octanol–water partition coefficient (Wildman–Crippen LogP) is 0.239. The van der Waals surface area contributed by atoms with Crippen molar-refractivity contribution in [3.8, 4) is 5.75 Å². The van der Waals surface area contributed by atoms with Gasteiger partial charge in [0.15, 0.2) is 17.3 Å². The van der Waals surface area contributed by atoms with E-state index in [2.05, 4.69) is 10.3 Å². The van der Waals surface area contributed by atoms with Gasteiger partial charge in [0.2, 0.25) is 0 Å². The van der Waals surface area contributed by atoms with Gasteiger partial charge in [-0.15, -0.1) is 5.10 Å². The summed E-state index contributed by atoms with van der Waals surface area (Å²) in [6.45, 7) is 0.433. The third-order valence-corrected chi connectivity index (χ3v) is 2.38. The van der Waals surface area contributed by atoms with Gasteiger partial charge in [-0.2, -0.15) is 0 Å². The summed E-state index contributed by atoms with van der Waals surface area (Å²) in [6, 6.07) is 3.24. The quantitative estimate of drug-likeness (QED) is 0.465. The summed E-state index contributed by atoms with van der Waals surface area (Å²) in [5, 5.41) is 7.28. The minimum atomic E-state index is -0.981. The number of nitrogens with one attached hydrogen (secondary N) is 1. The molecule has 0 saturated heterocycles. The van der Waals surface area contributed by atoms with E-state index in [4.69, 9.17) is 10.6 Å². The van der Waals surface area contributed by atoms with Crippen molar-refractivity contribution in [2.24, 2.45) is 5.84 Å². The Hall–Kier alpha value is -2.55. The van der Waals surface area contributed by atoms with Gasteiger partial charge in [0.25, 0.3) is 5.91 Å². The van der Waals surface area contributed by atoms with Crippen molar-refractivity contribution in [1.82, 2.24) is 20.4 Å². The van der Waals surface area contributed by atoms with E-state index in [1.54, 1.807) is 0 Å². The number of ether oxygens (including phenoxy) is 1. The van der Waals surface area contributed by atoms with Crippen molar-refractivity contribution in [2.45, 2.75) is 6.54 Å². The number of halogens is 2. The molecule has 9 heteroatoms. The Morgan fingerprint density at radius 2 is 2.20 bits per heavy atom. The van der Waals surface area contributed by atoms with Gasteiger partial charge < -0.3 is 4.74 Å². The number of aromatic nitrogens is 3. The van der Waals surface area contributed by atoms with Gasteiger partial charge in [-0.25, -0.2) is 19.3 Å². The van der Waals surface area contributed by atoms with Crippen LogP contribution in [0.1, 0.15) is 10.5 Å². The lowest BCUT2D eigenvalue weighted by atomic mass is 10.3. The van der Waals surface area contributed by atoms with Crippen LogP contribution in [-0.2, 0) is 6.54 Å². The number of hydrazine groups is 1. The lowest BCUT2D eigenvalue weighted by Crippen LogP contribution is -2.30. The highest BCUT2D eigenvalue weighted by Gasteiger charge is 2.09. The van der Waals surface area contributed by atoms with Crippen LogP contribution >= 0.6 is 0 Å². The van der Waals surface area contributed by atoms with E-state index in [0.717, 1.165) is 12.1 Å². The normalized spacial score (nSPS) is 10.3. The number of nitrogens with two attached hydrogens (primary N) is 1. The third kappa shape index (κ3) is 3.26. The lowest BCUT2D eigenvalue weighted by Gasteiger charge is -2.06. The minimum Gasteiger partial charge on any atom is -0.492 e. The molecule has 2 aromatic rings. The number of benzene rings is 1. The molecule has 7 nitrogen and oxygen atoms in total. The highest BCUT2D eigenvalue weighted by atomic mass is 19.2. The van der Waals surface area contributed by atoms with Crippen LogP contribution < -0.4 is 16.0 Å². The van der Waals surface area contributed by atoms with Crippen molar-refractivity contribution in [2.75, 3.05) is 6.61 Å². The summed E-state index contributed by atoms with van der Waals surface area (Å²) in [6.07, 6.45) is 1.39. The zero-order valence-electron chi connectivity index (χ0n) is 10.2. The van der Waals surface area contributed by atoms with Crippen LogP contribution in [0.3, 0.4) is 0 Å². The number of carbonyl (C=O) groups excluding carboxylic acids is 1. The van der Waals surface area contributed by atoms with E-state index >= 15 is 0 Å². The molecular formula is C11H11F2N5O2. The maximum Gasteiger partial charge on any atom is 0.287 e. The van der Waals surface area contributed by atoms with E-state index in [1.807, 2.05) is 5.43 Å². The summed E-state index contributed by atoms with van der Waals surface area (Å²) >= 11 is 0. The standard InChI is InChI=1S/C11H11F2N5O2/c12-8-2-1-7(5-9(8)13)20-4-3-18-6-10(16-17-18)11(19)15-14/h1-2,5-6H,3-4,14H2,(H,15,19). The lowest BCUT2D eigenvalue weighted by molar-refractivity contribution is 0.0948. The largest absolute Gasteiger partial charge is 0.492 e. The Morgan fingerprint density at radius 3 is 2.90 bits per heavy atom. The van der Waals surface area contributed by atoms with E-state index in [9.17, 15) is 13.6 Å². The molecule has 1 heterocycles. The molecule has 20 heavy (non-hydrogen) atoms. The highest BCUT2D eigenvalue weighted by molar-refractivity contribution is 5.91. The van der Waals surface area contributed by atoms with Gasteiger partial charge >= 0.3 is 0 Å². The number of hydrogen-bond acceptors (Lipinski definition) is 5. The zero-order chi connectivity index (χ0) is 14.5. The second kappa shape index (κ2) is 6.06. The monoisotopic (exact) mass is 283 g/mol. The second-order valence-electron chi connectivity index (χ2n) is 3.76. The van der Waals surface area contributed by atoms with Gasteiger partial charge in [0.1, 0.15) is 12.4 Å².